The quantitative estimate of drug-likeness (QED) is 0.907. The summed E-state index contributed by atoms with van der Waals surface area (Å²) in [6.07, 6.45) is 3.29. The predicted molar refractivity (Wildman–Crippen MR) is 87.5 cm³/mol. The van der Waals surface area contributed by atoms with Gasteiger partial charge in [0, 0.05) is 33.0 Å². The van der Waals surface area contributed by atoms with Crippen molar-refractivity contribution in [1.29, 1.82) is 0 Å². The first kappa shape index (κ1) is 16.5. The number of nitrogens with zero attached hydrogens (tertiary/aromatic N) is 1. The van der Waals surface area contributed by atoms with Gasteiger partial charge >= 0.3 is 0 Å². The van der Waals surface area contributed by atoms with Gasteiger partial charge in [0.25, 0.3) is 0 Å². The van der Waals surface area contributed by atoms with Crippen LogP contribution in [0, 0.1) is 12.8 Å². The Balaban J connectivity index is 1.65. The lowest BCUT2D eigenvalue weighted by Crippen LogP contribution is -2.40. The van der Waals surface area contributed by atoms with Crippen molar-refractivity contribution >= 4 is 11.8 Å². The molecule has 2 rings (SSSR count). The molecule has 1 aromatic carbocycles. The number of hydrogen-bond donors (Lipinski definition) is 1. The van der Waals surface area contributed by atoms with Crippen LogP contribution in [-0.4, -0.2) is 36.3 Å². The number of likely N-dealkylation sites (tertiary alicyclic amines) is 1. The van der Waals surface area contributed by atoms with Crippen LogP contribution in [-0.2, 0) is 16.0 Å². The van der Waals surface area contributed by atoms with E-state index in [1.165, 1.54) is 11.1 Å². The highest BCUT2D eigenvalue weighted by Gasteiger charge is 2.20. The van der Waals surface area contributed by atoms with Gasteiger partial charge in [0.05, 0.1) is 0 Å². The molecule has 1 N–H and O–H groups in total. The zero-order chi connectivity index (χ0) is 15.9. The number of rotatable bonds is 5. The number of carbonyl (C=O) groups is 2. The summed E-state index contributed by atoms with van der Waals surface area (Å²) in [5, 5.41) is 3.04. The van der Waals surface area contributed by atoms with E-state index in [2.05, 4.69) is 30.4 Å². The van der Waals surface area contributed by atoms with Crippen molar-refractivity contribution in [2.24, 2.45) is 5.92 Å². The molecule has 120 valence electrons. The molecule has 4 nitrogen and oxygen atoms in total. The van der Waals surface area contributed by atoms with E-state index in [1.807, 2.05) is 11.0 Å². The fraction of sp³-hybridized carbons (Fsp3) is 0.556. The molecule has 0 saturated carbocycles. The summed E-state index contributed by atoms with van der Waals surface area (Å²) in [5.41, 5.74) is 2.44. The molecule has 1 fully saturated rings. The number of carbonyl (C=O) groups excluding carboxylic acids is 2. The molecule has 1 aromatic rings. The van der Waals surface area contributed by atoms with Crippen LogP contribution >= 0.6 is 0 Å². The van der Waals surface area contributed by atoms with E-state index in [-0.39, 0.29) is 11.8 Å². The Bertz CT molecular complexity index is 520. The van der Waals surface area contributed by atoms with Gasteiger partial charge < -0.3 is 10.2 Å². The minimum absolute atomic E-state index is 0.121. The molecular weight excluding hydrogens is 276 g/mol. The number of amides is 2. The van der Waals surface area contributed by atoms with Crippen LogP contribution in [0.25, 0.3) is 0 Å². The highest BCUT2D eigenvalue weighted by atomic mass is 16.2. The summed E-state index contributed by atoms with van der Waals surface area (Å²) in [6, 6.07) is 8.30. The Hall–Kier alpha value is -1.84. The van der Waals surface area contributed by atoms with Crippen molar-refractivity contribution in [2.45, 2.75) is 39.5 Å². The summed E-state index contributed by atoms with van der Waals surface area (Å²) < 4.78 is 0. The molecular formula is C18H26N2O2. The molecule has 0 spiro atoms. The Morgan fingerprint density at radius 2 is 2.00 bits per heavy atom. The zero-order valence-electron chi connectivity index (χ0n) is 13.6. The van der Waals surface area contributed by atoms with Gasteiger partial charge in [-0.15, -0.1) is 0 Å². The first-order chi connectivity index (χ1) is 10.5. The van der Waals surface area contributed by atoms with Gasteiger partial charge in [0.2, 0.25) is 11.8 Å². The Kier molecular flexibility index (Phi) is 5.99. The topological polar surface area (TPSA) is 49.4 Å². The summed E-state index contributed by atoms with van der Waals surface area (Å²) in [7, 11) is 0. The van der Waals surface area contributed by atoms with E-state index < -0.39 is 0 Å². The van der Waals surface area contributed by atoms with Gasteiger partial charge in [-0.25, -0.2) is 0 Å². The molecule has 1 aliphatic heterocycles. The van der Waals surface area contributed by atoms with E-state index in [9.17, 15) is 9.59 Å². The Morgan fingerprint density at radius 3 is 2.64 bits per heavy atom. The molecule has 0 atom stereocenters. The first-order valence-electron chi connectivity index (χ1n) is 8.12. The summed E-state index contributed by atoms with van der Waals surface area (Å²) in [5.74, 6) is 0.773. The average molecular weight is 302 g/mol. The number of benzene rings is 1. The van der Waals surface area contributed by atoms with E-state index in [0.29, 0.717) is 12.3 Å². The average Bonchev–Trinajstić information content (AvgIpc) is 2.51. The van der Waals surface area contributed by atoms with Crippen molar-refractivity contribution in [2.75, 3.05) is 19.6 Å². The van der Waals surface area contributed by atoms with Crippen LogP contribution < -0.4 is 5.32 Å². The molecule has 1 aliphatic rings. The summed E-state index contributed by atoms with van der Waals surface area (Å²) >= 11 is 0. The molecule has 1 saturated heterocycles. The first-order valence-corrected chi connectivity index (χ1v) is 8.12. The fourth-order valence-electron chi connectivity index (χ4n) is 2.92. The minimum Gasteiger partial charge on any atom is -0.356 e. The summed E-state index contributed by atoms with van der Waals surface area (Å²) in [4.78, 5) is 25.1. The molecule has 0 radical (unpaired) electrons. The van der Waals surface area contributed by atoms with Crippen LogP contribution in [0.3, 0.4) is 0 Å². The smallest absolute Gasteiger partial charge is 0.220 e. The number of nitrogens with one attached hydrogen (secondary N) is 1. The van der Waals surface area contributed by atoms with Crippen LogP contribution in [0.1, 0.15) is 37.3 Å². The van der Waals surface area contributed by atoms with Gasteiger partial charge in [-0.1, -0.05) is 29.8 Å². The highest BCUT2D eigenvalue weighted by molar-refractivity contribution is 5.76. The van der Waals surface area contributed by atoms with Crippen molar-refractivity contribution in [3.8, 4) is 0 Å². The molecule has 1 heterocycles. The fourth-order valence-corrected chi connectivity index (χ4v) is 2.92. The van der Waals surface area contributed by atoms with Gasteiger partial charge in [-0.2, -0.15) is 0 Å². The second-order valence-electron chi connectivity index (χ2n) is 6.24. The van der Waals surface area contributed by atoms with Crippen LogP contribution in [0.5, 0.6) is 0 Å². The van der Waals surface area contributed by atoms with Gasteiger partial charge in [0.15, 0.2) is 0 Å². The van der Waals surface area contributed by atoms with Crippen molar-refractivity contribution < 1.29 is 9.59 Å². The SMILES string of the molecule is CC(=O)N1CCC(CNC(=O)CCc2cccc(C)c2)CC1. The van der Waals surface area contributed by atoms with Crippen molar-refractivity contribution in [1.82, 2.24) is 10.2 Å². The number of hydrogen-bond acceptors (Lipinski definition) is 2. The Labute approximate surface area is 132 Å². The van der Waals surface area contributed by atoms with Crippen LogP contribution in [0.15, 0.2) is 24.3 Å². The zero-order valence-corrected chi connectivity index (χ0v) is 13.6. The second kappa shape index (κ2) is 7.97. The number of piperidine rings is 1. The van der Waals surface area contributed by atoms with Crippen molar-refractivity contribution in [3.63, 3.8) is 0 Å². The third-order valence-corrected chi connectivity index (χ3v) is 4.37. The lowest BCUT2D eigenvalue weighted by Gasteiger charge is -2.31. The minimum atomic E-state index is 0.121. The predicted octanol–water partition coefficient (Wildman–Crippen LogP) is 2.30. The highest BCUT2D eigenvalue weighted by Crippen LogP contribution is 2.16. The van der Waals surface area contributed by atoms with E-state index >= 15 is 0 Å². The summed E-state index contributed by atoms with van der Waals surface area (Å²) in [6.45, 7) is 6.06. The van der Waals surface area contributed by atoms with E-state index in [1.54, 1.807) is 6.92 Å². The van der Waals surface area contributed by atoms with Crippen LogP contribution in [0.4, 0.5) is 0 Å². The van der Waals surface area contributed by atoms with Crippen molar-refractivity contribution in [3.05, 3.63) is 35.4 Å². The molecule has 0 bridgehead atoms. The normalized spacial score (nSPS) is 15.6. The standard InChI is InChI=1S/C18H26N2O2/c1-14-4-3-5-16(12-14)6-7-18(22)19-13-17-8-10-20(11-9-17)15(2)21/h3-5,12,17H,6-11,13H2,1-2H3,(H,19,22). The van der Waals surface area contributed by atoms with Gasteiger partial charge in [0.1, 0.15) is 0 Å². The molecule has 0 unspecified atom stereocenters. The van der Waals surface area contributed by atoms with E-state index in [0.717, 1.165) is 38.9 Å². The Morgan fingerprint density at radius 1 is 1.27 bits per heavy atom. The maximum Gasteiger partial charge on any atom is 0.220 e. The third kappa shape index (κ3) is 5.17. The molecule has 2 amide bonds. The molecule has 0 aromatic heterocycles. The largest absolute Gasteiger partial charge is 0.356 e. The van der Waals surface area contributed by atoms with E-state index in [4.69, 9.17) is 0 Å². The number of aryl methyl sites for hydroxylation is 2. The monoisotopic (exact) mass is 302 g/mol. The van der Waals surface area contributed by atoms with Gasteiger partial charge in [-0.05, 0) is 37.7 Å². The van der Waals surface area contributed by atoms with Crippen LogP contribution in [0.2, 0.25) is 0 Å². The lowest BCUT2D eigenvalue weighted by atomic mass is 9.96. The molecule has 4 heteroatoms. The van der Waals surface area contributed by atoms with Gasteiger partial charge in [-0.3, -0.25) is 9.59 Å². The maximum atomic E-state index is 11.9. The lowest BCUT2D eigenvalue weighted by molar-refractivity contribution is -0.130. The second-order valence-corrected chi connectivity index (χ2v) is 6.24. The molecule has 0 aliphatic carbocycles. The maximum absolute atomic E-state index is 11.9. The third-order valence-electron chi connectivity index (χ3n) is 4.37. The molecule has 22 heavy (non-hydrogen) atoms.